The van der Waals surface area contributed by atoms with E-state index in [1.54, 1.807) is 18.2 Å². The number of esters is 1. The molecule has 0 unspecified atom stereocenters. The van der Waals surface area contributed by atoms with Gasteiger partial charge in [0.2, 0.25) is 0 Å². The number of rotatable bonds is 8. The van der Waals surface area contributed by atoms with Crippen LogP contribution in [0.25, 0.3) is 11.3 Å². The normalized spacial score (nSPS) is 10.7. The molecule has 3 aromatic rings. The van der Waals surface area contributed by atoms with Crippen molar-refractivity contribution < 1.29 is 23.1 Å². The highest BCUT2D eigenvalue weighted by molar-refractivity contribution is 5.69. The summed E-state index contributed by atoms with van der Waals surface area (Å²) >= 11 is 0. The van der Waals surface area contributed by atoms with Crippen molar-refractivity contribution in [1.82, 2.24) is 4.98 Å². The number of carbonyl (C=O) groups is 1. The van der Waals surface area contributed by atoms with Crippen LogP contribution < -0.4 is 4.74 Å². The highest BCUT2D eigenvalue weighted by Crippen LogP contribution is 2.24. The van der Waals surface area contributed by atoms with Gasteiger partial charge in [-0.05, 0) is 37.1 Å². The van der Waals surface area contributed by atoms with E-state index in [0.717, 1.165) is 16.9 Å². The molecule has 0 atom stereocenters. The van der Waals surface area contributed by atoms with Gasteiger partial charge in [0.25, 0.3) is 0 Å². The third-order valence-electron chi connectivity index (χ3n) is 4.24. The molecule has 0 aliphatic rings. The maximum atomic E-state index is 13.8. The van der Waals surface area contributed by atoms with Gasteiger partial charge < -0.3 is 13.9 Å². The molecule has 0 fully saturated rings. The fourth-order valence-electron chi connectivity index (χ4n) is 2.82. The quantitative estimate of drug-likeness (QED) is 0.418. The fraction of sp³-hybridized carbons (Fsp3) is 0.273. The minimum Gasteiger partial charge on any atom is -0.489 e. The van der Waals surface area contributed by atoms with Gasteiger partial charge >= 0.3 is 5.97 Å². The number of aromatic nitrogens is 1. The lowest BCUT2D eigenvalue weighted by molar-refractivity contribution is -0.144. The van der Waals surface area contributed by atoms with Gasteiger partial charge in [-0.2, -0.15) is 0 Å². The van der Waals surface area contributed by atoms with Crippen LogP contribution in [0.5, 0.6) is 5.75 Å². The fourth-order valence-corrected chi connectivity index (χ4v) is 2.82. The van der Waals surface area contributed by atoms with Gasteiger partial charge in [-0.3, -0.25) is 4.79 Å². The Morgan fingerprint density at radius 3 is 2.57 bits per heavy atom. The van der Waals surface area contributed by atoms with E-state index in [1.807, 2.05) is 32.0 Å². The van der Waals surface area contributed by atoms with Crippen LogP contribution in [0.4, 0.5) is 4.39 Å². The minimum absolute atomic E-state index is 0.126. The monoisotopic (exact) mass is 383 g/mol. The predicted octanol–water partition coefficient (Wildman–Crippen LogP) is 4.65. The number of para-hydroxylation sites is 1. The molecule has 3 rings (SSSR count). The van der Waals surface area contributed by atoms with Gasteiger partial charge in [0.1, 0.15) is 24.8 Å². The number of carbonyl (C=O) groups excluding carboxylic acids is 1. The maximum absolute atomic E-state index is 13.8. The van der Waals surface area contributed by atoms with E-state index in [-0.39, 0.29) is 37.8 Å². The van der Waals surface area contributed by atoms with Crippen LogP contribution in [0.3, 0.4) is 0 Å². The molecule has 0 saturated carbocycles. The lowest BCUT2D eigenvalue weighted by Gasteiger charge is -2.11. The van der Waals surface area contributed by atoms with Crippen LogP contribution in [-0.2, 0) is 16.0 Å². The Hall–Kier alpha value is -3.15. The number of ether oxygens (including phenoxy) is 2. The van der Waals surface area contributed by atoms with Crippen molar-refractivity contribution in [2.45, 2.75) is 26.7 Å². The molecular formula is C22H22FNO4. The van der Waals surface area contributed by atoms with Gasteiger partial charge in [-0.25, -0.2) is 9.37 Å². The van der Waals surface area contributed by atoms with E-state index in [1.165, 1.54) is 12.3 Å². The summed E-state index contributed by atoms with van der Waals surface area (Å²) < 4.78 is 30.2. The Labute approximate surface area is 163 Å². The van der Waals surface area contributed by atoms with Crippen molar-refractivity contribution in [1.29, 1.82) is 0 Å². The van der Waals surface area contributed by atoms with Crippen molar-refractivity contribution in [3.63, 3.8) is 0 Å². The number of halogens is 1. The van der Waals surface area contributed by atoms with Crippen LogP contribution in [0, 0.1) is 19.7 Å². The largest absolute Gasteiger partial charge is 0.489 e. The van der Waals surface area contributed by atoms with E-state index in [0.29, 0.717) is 17.2 Å². The molecule has 28 heavy (non-hydrogen) atoms. The minimum atomic E-state index is -0.381. The molecular weight excluding hydrogens is 361 g/mol. The van der Waals surface area contributed by atoms with Crippen LogP contribution >= 0.6 is 0 Å². The van der Waals surface area contributed by atoms with Crippen LogP contribution in [0.15, 0.2) is 53.1 Å². The van der Waals surface area contributed by atoms with Crippen LogP contribution in [0.2, 0.25) is 0 Å². The molecule has 1 aromatic heterocycles. The molecule has 0 saturated heterocycles. The standard InChI is InChI=1S/C22H22FNO4/c1-15-6-5-7-16(2)22(15)27-13-12-26-21(25)11-10-20-24-14-19(28-20)17-8-3-4-9-18(17)23/h3-9,14H,10-13H2,1-2H3. The lowest BCUT2D eigenvalue weighted by Crippen LogP contribution is -2.13. The Kier molecular flexibility index (Phi) is 6.42. The summed E-state index contributed by atoms with van der Waals surface area (Å²) in [5.41, 5.74) is 2.43. The summed E-state index contributed by atoms with van der Waals surface area (Å²) in [4.78, 5) is 16.0. The van der Waals surface area contributed by atoms with Crippen molar-refractivity contribution >= 4 is 5.97 Å². The first kappa shape index (κ1) is 19.6. The second-order valence-electron chi connectivity index (χ2n) is 6.39. The van der Waals surface area contributed by atoms with Crippen LogP contribution in [-0.4, -0.2) is 24.2 Å². The molecule has 146 valence electrons. The first-order valence-corrected chi connectivity index (χ1v) is 9.09. The Morgan fingerprint density at radius 2 is 1.82 bits per heavy atom. The Bertz CT molecular complexity index is 931. The summed E-state index contributed by atoms with van der Waals surface area (Å²) in [5.74, 6) is 0.772. The van der Waals surface area contributed by atoms with Gasteiger partial charge in [0.15, 0.2) is 11.7 Å². The highest BCUT2D eigenvalue weighted by atomic mass is 19.1. The third-order valence-corrected chi connectivity index (χ3v) is 4.24. The van der Waals surface area contributed by atoms with Gasteiger partial charge in [-0.15, -0.1) is 0 Å². The lowest BCUT2D eigenvalue weighted by atomic mass is 10.1. The smallest absolute Gasteiger partial charge is 0.306 e. The zero-order valence-corrected chi connectivity index (χ0v) is 15.9. The maximum Gasteiger partial charge on any atom is 0.306 e. The van der Waals surface area contributed by atoms with Crippen LogP contribution in [0.1, 0.15) is 23.4 Å². The van der Waals surface area contributed by atoms with Crippen molar-refractivity contribution in [2.24, 2.45) is 0 Å². The summed E-state index contributed by atoms with van der Waals surface area (Å²) in [6, 6.07) is 12.2. The number of aryl methyl sites for hydroxylation is 3. The first-order chi connectivity index (χ1) is 13.5. The summed E-state index contributed by atoms with van der Waals surface area (Å²) in [7, 11) is 0. The molecule has 0 aliphatic carbocycles. The summed E-state index contributed by atoms with van der Waals surface area (Å²) in [6.07, 6.45) is 1.86. The average Bonchev–Trinajstić information content (AvgIpc) is 3.14. The van der Waals surface area contributed by atoms with Crippen molar-refractivity contribution in [2.75, 3.05) is 13.2 Å². The molecule has 1 heterocycles. The van der Waals surface area contributed by atoms with Gasteiger partial charge in [0, 0.05) is 6.42 Å². The Morgan fingerprint density at radius 1 is 1.07 bits per heavy atom. The van der Waals surface area contributed by atoms with E-state index in [2.05, 4.69) is 4.98 Å². The van der Waals surface area contributed by atoms with Gasteiger partial charge in [-0.1, -0.05) is 30.3 Å². The number of hydrogen-bond acceptors (Lipinski definition) is 5. The SMILES string of the molecule is Cc1cccc(C)c1OCCOC(=O)CCc1ncc(-c2ccccc2F)o1. The third kappa shape index (κ3) is 4.97. The molecule has 6 heteroatoms. The van der Waals surface area contributed by atoms with Crippen molar-refractivity contribution in [3.8, 4) is 17.1 Å². The molecule has 2 aromatic carbocycles. The zero-order valence-electron chi connectivity index (χ0n) is 15.9. The molecule has 0 bridgehead atoms. The van der Waals surface area contributed by atoms with E-state index in [9.17, 15) is 9.18 Å². The molecule has 0 N–H and O–H groups in total. The topological polar surface area (TPSA) is 61.6 Å². The zero-order chi connectivity index (χ0) is 19.9. The molecule has 5 nitrogen and oxygen atoms in total. The van der Waals surface area contributed by atoms with Gasteiger partial charge in [0.05, 0.1) is 18.2 Å². The van der Waals surface area contributed by atoms with E-state index in [4.69, 9.17) is 13.9 Å². The first-order valence-electron chi connectivity index (χ1n) is 9.09. The Balaban J connectivity index is 1.42. The van der Waals surface area contributed by atoms with E-state index < -0.39 is 0 Å². The average molecular weight is 383 g/mol. The summed E-state index contributed by atoms with van der Waals surface area (Å²) in [5, 5.41) is 0. The number of benzene rings is 2. The second-order valence-corrected chi connectivity index (χ2v) is 6.39. The number of nitrogens with zero attached hydrogens (tertiary/aromatic N) is 1. The highest BCUT2D eigenvalue weighted by Gasteiger charge is 2.12. The molecule has 0 radical (unpaired) electrons. The second kappa shape index (κ2) is 9.17. The van der Waals surface area contributed by atoms with E-state index >= 15 is 0 Å². The number of oxazole rings is 1. The molecule has 0 amide bonds. The molecule has 0 spiro atoms. The van der Waals surface area contributed by atoms with Crippen molar-refractivity contribution in [3.05, 3.63) is 71.5 Å². The number of hydrogen-bond donors (Lipinski definition) is 0. The molecule has 0 aliphatic heterocycles. The predicted molar refractivity (Wildman–Crippen MR) is 103 cm³/mol. The summed E-state index contributed by atoms with van der Waals surface area (Å²) in [6.45, 7) is 4.40.